The topological polar surface area (TPSA) is 40.5 Å². The van der Waals surface area contributed by atoms with E-state index in [0.717, 1.165) is 19.0 Å². The van der Waals surface area contributed by atoms with Gasteiger partial charge in [-0.3, -0.25) is 4.79 Å². The van der Waals surface area contributed by atoms with Gasteiger partial charge in [0.2, 0.25) is 0 Å². The first kappa shape index (κ1) is 10.9. The quantitative estimate of drug-likeness (QED) is 0.777. The molecule has 2 fully saturated rings. The predicted octanol–water partition coefficient (Wildman–Crippen LogP) is 2.12. The van der Waals surface area contributed by atoms with Gasteiger partial charge in [0.05, 0.1) is 0 Å². The highest BCUT2D eigenvalue weighted by molar-refractivity contribution is 5.67. The van der Waals surface area contributed by atoms with E-state index in [4.69, 9.17) is 5.11 Å². The molecule has 1 N–H and O–H groups in total. The van der Waals surface area contributed by atoms with Crippen LogP contribution >= 0.6 is 0 Å². The predicted molar refractivity (Wildman–Crippen MR) is 58.8 cm³/mol. The molecule has 2 aliphatic rings. The Balaban J connectivity index is 1.86. The summed E-state index contributed by atoms with van der Waals surface area (Å²) in [6, 6.07) is 0.777. The second-order valence-corrected chi connectivity index (χ2v) is 5.04. The second kappa shape index (κ2) is 4.97. The lowest BCUT2D eigenvalue weighted by Gasteiger charge is -2.38. The standard InChI is InChI=1S/C12H21NO2/c14-12(15)8-10-4-1-2-7-13(9-10)11-5-3-6-11/h10-11H,1-9H2,(H,14,15). The molecule has 3 nitrogen and oxygen atoms in total. The average Bonchev–Trinajstić information content (AvgIpc) is 2.26. The minimum absolute atomic E-state index is 0.364. The minimum atomic E-state index is -0.629. The van der Waals surface area contributed by atoms with E-state index >= 15 is 0 Å². The Hall–Kier alpha value is -0.570. The molecule has 1 aliphatic heterocycles. The fourth-order valence-electron chi connectivity index (χ4n) is 2.76. The largest absolute Gasteiger partial charge is 0.481 e. The molecular formula is C12H21NO2. The van der Waals surface area contributed by atoms with Gasteiger partial charge in [0.15, 0.2) is 0 Å². The van der Waals surface area contributed by atoms with E-state index in [0.29, 0.717) is 12.3 Å². The third-order valence-corrected chi connectivity index (χ3v) is 3.85. The van der Waals surface area contributed by atoms with Crippen LogP contribution in [0.25, 0.3) is 0 Å². The molecule has 1 saturated carbocycles. The lowest BCUT2D eigenvalue weighted by atomic mass is 9.90. The Bertz CT molecular complexity index is 226. The van der Waals surface area contributed by atoms with Crippen LogP contribution in [0.15, 0.2) is 0 Å². The number of carboxylic acids is 1. The maximum Gasteiger partial charge on any atom is 0.303 e. The molecule has 1 unspecified atom stereocenters. The van der Waals surface area contributed by atoms with E-state index in [-0.39, 0.29) is 0 Å². The molecule has 0 amide bonds. The highest BCUT2D eigenvalue weighted by atomic mass is 16.4. The van der Waals surface area contributed by atoms with Crippen LogP contribution in [0.1, 0.15) is 44.9 Å². The molecule has 0 bridgehead atoms. The van der Waals surface area contributed by atoms with E-state index in [1.54, 1.807) is 0 Å². The first-order chi connectivity index (χ1) is 7.25. The number of nitrogens with zero attached hydrogens (tertiary/aromatic N) is 1. The zero-order valence-electron chi connectivity index (χ0n) is 9.32. The molecule has 0 spiro atoms. The van der Waals surface area contributed by atoms with Crippen molar-refractivity contribution in [3.63, 3.8) is 0 Å². The van der Waals surface area contributed by atoms with E-state index in [1.165, 1.54) is 38.6 Å². The van der Waals surface area contributed by atoms with Gasteiger partial charge in [-0.25, -0.2) is 0 Å². The van der Waals surface area contributed by atoms with Gasteiger partial charge in [-0.15, -0.1) is 0 Å². The summed E-state index contributed by atoms with van der Waals surface area (Å²) in [6.07, 6.45) is 7.97. The summed E-state index contributed by atoms with van der Waals surface area (Å²) < 4.78 is 0. The van der Waals surface area contributed by atoms with Gasteiger partial charge < -0.3 is 10.0 Å². The van der Waals surface area contributed by atoms with Gasteiger partial charge in [0.1, 0.15) is 0 Å². The first-order valence-electron chi connectivity index (χ1n) is 6.21. The maximum atomic E-state index is 10.7. The van der Waals surface area contributed by atoms with Crippen LogP contribution in [0, 0.1) is 5.92 Å². The van der Waals surface area contributed by atoms with E-state index in [1.807, 2.05) is 0 Å². The van der Waals surface area contributed by atoms with Crippen molar-refractivity contribution in [2.24, 2.45) is 5.92 Å². The monoisotopic (exact) mass is 211 g/mol. The van der Waals surface area contributed by atoms with Crippen LogP contribution in [-0.4, -0.2) is 35.1 Å². The number of hydrogen-bond acceptors (Lipinski definition) is 2. The average molecular weight is 211 g/mol. The molecule has 86 valence electrons. The number of carboxylic acid groups (broad SMARTS) is 1. The Morgan fingerprint density at radius 1 is 1.20 bits per heavy atom. The van der Waals surface area contributed by atoms with Crippen LogP contribution in [0.2, 0.25) is 0 Å². The van der Waals surface area contributed by atoms with Crippen molar-refractivity contribution in [2.75, 3.05) is 13.1 Å². The van der Waals surface area contributed by atoms with Crippen LogP contribution in [0.4, 0.5) is 0 Å². The summed E-state index contributed by atoms with van der Waals surface area (Å²) in [5, 5.41) is 8.84. The van der Waals surface area contributed by atoms with Crippen LogP contribution in [0.3, 0.4) is 0 Å². The van der Waals surface area contributed by atoms with E-state index in [2.05, 4.69) is 4.90 Å². The number of likely N-dealkylation sites (tertiary alicyclic amines) is 1. The molecule has 1 atom stereocenters. The number of rotatable bonds is 3. The van der Waals surface area contributed by atoms with Crippen molar-refractivity contribution in [3.05, 3.63) is 0 Å². The fourth-order valence-corrected chi connectivity index (χ4v) is 2.76. The summed E-state index contributed by atoms with van der Waals surface area (Å²) in [6.45, 7) is 2.22. The summed E-state index contributed by atoms with van der Waals surface area (Å²) in [5.74, 6) is -0.235. The summed E-state index contributed by atoms with van der Waals surface area (Å²) in [4.78, 5) is 13.3. The molecule has 1 aliphatic carbocycles. The highest BCUT2D eigenvalue weighted by Crippen LogP contribution is 2.29. The van der Waals surface area contributed by atoms with Crippen LogP contribution < -0.4 is 0 Å². The van der Waals surface area contributed by atoms with Gasteiger partial charge >= 0.3 is 5.97 Å². The molecule has 2 rings (SSSR count). The zero-order valence-corrected chi connectivity index (χ0v) is 9.32. The highest BCUT2D eigenvalue weighted by Gasteiger charge is 2.28. The number of carbonyl (C=O) groups is 1. The Kier molecular flexibility index (Phi) is 3.62. The van der Waals surface area contributed by atoms with E-state index < -0.39 is 5.97 Å². The molecule has 0 radical (unpaired) electrons. The summed E-state index contributed by atoms with van der Waals surface area (Å²) >= 11 is 0. The number of hydrogen-bond donors (Lipinski definition) is 1. The van der Waals surface area contributed by atoms with Gasteiger partial charge in [0, 0.05) is 19.0 Å². The Morgan fingerprint density at radius 2 is 2.00 bits per heavy atom. The Morgan fingerprint density at radius 3 is 2.60 bits per heavy atom. The molecule has 0 aromatic heterocycles. The van der Waals surface area contributed by atoms with Crippen LogP contribution in [-0.2, 0) is 4.79 Å². The molecule has 1 saturated heterocycles. The molecule has 0 aromatic carbocycles. The first-order valence-corrected chi connectivity index (χ1v) is 6.21. The van der Waals surface area contributed by atoms with Gasteiger partial charge in [-0.1, -0.05) is 12.8 Å². The smallest absolute Gasteiger partial charge is 0.303 e. The Labute approximate surface area is 91.5 Å². The lowest BCUT2D eigenvalue weighted by Crippen LogP contribution is -2.42. The third-order valence-electron chi connectivity index (χ3n) is 3.85. The van der Waals surface area contributed by atoms with Crippen molar-refractivity contribution in [1.82, 2.24) is 4.90 Å². The summed E-state index contributed by atoms with van der Waals surface area (Å²) in [7, 11) is 0. The van der Waals surface area contributed by atoms with Gasteiger partial charge in [0.25, 0.3) is 0 Å². The molecule has 1 heterocycles. The third kappa shape index (κ3) is 2.94. The second-order valence-electron chi connectivity index (χ2n) is 5.04. The fraction of sp³-hybridized carbons (Fsp3) is 0.917. The molecule has 3 heteroatoms. The van der Waals surface area contributed by atoms with Crippen LogP contribution in [0.5, 0.6) is 0 Å². The molecule has 0 aromatic rings. The normalized spacial score (nSPS) is 29.5. The van der Waals surface area contributed by atoms with Crippen molar-refractivity contribution in [1.29, 1.82) is 0 Å². The van der Waals surface area contributed by atoms with Crippen molar-refractivity contribution >= 4 is 5.97 Å². The van der Waals surface area contributed by atoms with Crippen molar-refractivity contribution < 1.29 is 9.90 Å². The van der Waals surface area contributed by atoms with Crippen molar-refractivity contribution in [2.45, 2.75) is 51.0 Å². The maximum absolute atomic E-state index is 10.7. The van der Waals surface area contributed by atoms with Gasteiger partial charge in [-0.05, 0) is 38.1 Å². The minimum Gasteiger partial charge on any atom is -0.481 e. The van der Waals surface area contributed by atoms with Gasteiger partial charge in [-0.2, -0.15) is 0 Å². The molecular weight excluding hydrogens is 190 g/mol. The van der Waals surface area contributed by atoms with E-state index in [9.17, 15) is 4.79 Å². The van der Waals surface area contributed by atoms with Crippen molar-refractivity contribution in [3.8, 4) is 0 Å². The SMILES string of the molecule is O=C(O)CC1CCCCN(C2CCC2)C1. The number of aliphatic carboxylic acids is 1. The zero-order chi connectivity index (χ0) is 10.7. The molecule has 15 heavy (non-hydrogen) atoms. The summed E-state index contributed by atoms with van der Waals surface area (Å²) in [5.41, 5.74) is 0. The lowest BCUT2D eigenvalue weighted by molar-refractivity contribution is -0.138.